The van der Waals surface area contributed by atoms with Crippen LogP contribution in [0.3, 0.4) is 0 Å². The minimum absolute atomic E-state index is 0.102. The Labute approximate surface area is 118 Å². The lowest BCUT2D eigenvalue weighted by atomic mass is 10.1. The summed E-state index contributed by atoms with van der Waals surface area (Å²) in [5.74, 6) is -0.860. The smallest absolute Gasteiger partial charge is 0.323 e. The number of halogens is 2. The number of carbonyl (C=O) groups excluding carboxylic acids is 2. The van der Waals surface area contributed by atoms with E-state index < -0.39 is 18.2 Å². The van der Waals surface area contributed by atoms with E-state index in [0.717, 1.165) is 4.47 Å². The van der Waals surface area contributed by atoms with Crippen molar-refractivity contribution >= 4 is 27.7 Å². The second-order valence-corrected chi connectivity index (χ2v) is 5.25. The highest BCUT2D eigenvalue weighted by Crippen LogP contribution is 2.13. The van der Waals surface area contributed by atoms with Crippen LogP contribution in [0.4, 0.5) is 4.39 Å². The predicted octanol–water partition coefficient (Wildman–Crippen LogP) is 1.87. The van der Waals surface area contributed by atoms with E-state index in [0.29, 0.717) is 5.56 Å². The fourth-order valence-electron chi connectivity index (χ4n) is 1.83. The largest absolute Gasteiger partial charge is 0.456 e. The summed E-state index contributed by atoms with van der Waals surface area (Å²) in [5, 5.41) is 2.71. The van der Waals surface area contributed by atoms with Gasteiger partial charge in [0.05, 0.1) is 0 Å². The number of ketones is 1. The first-order valence-corrected chi connectivity index (χ1v) is 6.68. The molecule has 2 rings (SSSR count). The van der Waals surface area contributed by atoms with Crippen molar-refractivity contribution in [2.24, 2.45) is 0 Å². The number of nitrogens with one attached hydrogen (secondary N) is 1. The van der Waals surface area contributed by atoms with Gasteiger partial charge in [-0.05, 0) is 12.1 Å². The number of alkyl halides is 1. The van der Waals surface area contributed by atoms with E-state index in [1.54, 1.807) is 24.3 Å². The molecule has 1 saturated heterocycles. The molecule has 0 unspecified atom stereocenters. The third-order valence-electron chi connectivity index (χ3n) is 2.87. The molecule has 0 aliphatic carbocycles. The number of hydrogen-bond acceptors (Lipinski definition) is 4. The van der Waals surface area contributed by atoms with Crippen molar-refractivity contribution in [3.63, 3.8) is 0 Å². The molecular formula is C13H13BrFNO3. The summed E-state index contributed by atoms with van der Waals surface area (Å²) in [5.41, 5.74) is 0.471. The summed E-state index contributed by atoms with van der Waals surface area (Å²) < 4.78 is 18.7. The number of carbonyl (C=O) groups is 2. The van der Waals surface area contributed by atoms with Gasteiger partial charge in [-0.15, -0.1) is 0 Å². The minimum atomic E-state index is -1.03. The standard InChI is InChI=1S/C13H13BrFNO3/c14-9-3-1-8(2-4-9)12(17)7-19-13(18)11-5-10(15)6-16-11/h1-4,10-11,16H,5-7H2/t10-,11-/m0/s1. The van der Waals surface area contributed by atoms with Gasteiger partial charge >= 0.3 is 5.97 Å². The zero-order chi connectivity index (χ0) is 13.8. The second-order valence-electron chi connectivity index (χ2n) is 4.33. The zero-order valence-electron chi connectivity index (χ0n) is 10.1. The third kappa shape index (κ3) is 3.84. The Morgan fingerprint density at radius 2 is 2.05 bits per heavy atom. The predicted molar refractivity (Wildman–Crippen MR) is 70.7 cm³/mol. The summed E-state index contributed by atoms with van der Waals surface area (Å²) in [4.78, 5) is 23.3. The number of ether oxygens (including phenoxy) is 1. The van der Waals surface area contributed by atoms with Gasteiger partial charge in [0.15, 0.2) is 12.4 Å². The van der Waals surface area contributed by atoms with Crippen molar-refractivity contribution in [3.8, 4) is 0 Å². The molecule has 0 aromatic heterocycles. The lowest BCUT2D eigenvalue weighted by molar-refractivity contribution is -0.144. The molecule has 2 atom stereocenters. The van der Waals surface area contributed by atoms with Crippen molar-refractivity contribution in [2.75, 3.05) is 13.2 Å². The molecular weight excluding hydrogens is 317 g/mol. The maximum atomic E-state index is 12.9. The molecule has 0 spiro atoms. The van der Waals surface area contributed by atoms with Crippen molar-refractivity contribution < 1.29 is 18.7 Å². The van der Waals surface area contributed by atoms with E-state index in [4.69, 9.17) is 4.74 Å². The molecule has 1 aromatic carbocycles. The average Bonchev–Trinajstić information content (AvgIpc) is 2.83. The molecule has 0 bridgehead atoms. The van der Waals surface area contributed by atoms with Gasteiger partial charge < -0.3 is 10.1 Å². The Balaban J connectivity index is 1.83. The van der Waals surface area contributed by atoms with Crippen LogP contribution in [0.1, 0.15) is 16.8 Å². The zero-order valence-corrected chi connectivity index (χ0v) is 11.7. The van der Waals surface area contributed by atoms with Crippen molar-refractivity contribution in [3.05, 3.63) is 34.3 Å². The van der Waals surface area contributed by atoms with Gasteiger partial charge in [-0.2, -0.15) is 0 Å². The van der Waals surface area contributed by atoms with Gasteiger partial charge in [0.1, 0.15) is 12.2 Å². The first kappa shape index (κ1) is 14.1. The first-order chi connectivity index (χ1) is 9.06. The number of hydrogen-bond donors (Lipinski definition) is 1. The van der Waals surface area contributed by atoms with Gasteiger partial charge in [0.2, 0.25) is 0 Å². The van der Waals surface area contributed by atoms with E-state index in [9.17, 15) is 14.0 Å². The highest BCUT2D eigenvalue weighted by Gasteiger charge is 2.30. The first-order valence-electron chi connectivity index (χ1n) is 5.89. The topological polar surface area (TPSA) is 55.4 Å². The van der Waals surface area contributed by atoms with E-state index in [1.807, 2.05) is 0 Å². The van der Waals surface area contributed by atoms with Crippen LogP contribution in [0.15, 0.2) is 28.7 Å². The summed E-state index contributed by atoms with van der Waals surface area (Å²) in [6, 6.07) is 6.12. The van der Waals surface area contributed by atoms with Gasteiger partial charge in [0.25, 0.3) is 0 Å². The van der Waals surface area contributed by atoms with Crippen LogP contribution in [-0.4, -0.2) is 37.1 Å². The van der Waals surface area contributed by atoms with E-state index in [1.165, 1.54) is 0 Å². The quantitative estimate of drug-likeness (QED) is 0.677. The van der Waals surface area contributed by atoms with Gasteiger partial charge in [-0.3, -0.25) is 9.59 Å². The van der Waals surface area contributed by atoms with Crippen molar-refractivity contribution in [1.82, 2.24) is 5.32 Å². The summed E-state index contributed by atoms with van der Waals surface area (Å²) in [6.45, 7) is -0.171. The monoisotopic (exact) mass is 329 g/mol. The van der Waals surface area contributed by atoms with Gasteiger partial charge in [-0.1, -0.05) is 28.1 Å². The molecule has 6 heteroatoms. The van der Waals surface area contributed by atoms with Crippen molar-refractivity contribution in [1.29, 1.82) is 0 Å². The van der Waals surface area contributed by atoms with Crippen LogP contribution in [0.2, 0.25) is 0 Å². The number of esters is 1. The summed E-state index contributed by atoms with van der Waals surface area (Å²) in [7, 11) is 0. The molecule has 1 heterocycles. The third-order valence-corrected chi connectivity index (χ3v) is 3.40. The number of benzene rings is 1. The highest BCUT2D eigenvalue weighted by atomic mass is 79.9. The molecule has 1 aliphatic heterocycles. The average molecular weight is 330 g/mol. The van der Waals surface area contributed by atoms with Gasteiger partial charge in [-0.25, -0.2) is 4.39 Å². The molecule has 1 aromatic rings. The van der Waals surface area contributed by atoms with E-state index >= 15 is 0 Å². The molecule has 1 N–H and O–H groups in total. The fraction of sp³-hybridized carbons (Fsp3) is 0.385. The Morgan fingerprint density at radius 3 is 2.63 bits per heavy atom. The Morgan fingerprint density at radius 1 is 1.37 bits per heavy atom. The maximum Gasteiger partial charge on any atom is 0.323 e. The molecule has 4 nitrogen and oxygen atoms in total. The Kier molecular flexibility index (Phi) is 4.66. The number of rotatable bonds is 4. The molecule has 19 heavy (non-hydrogen) atoms. The number of Topliss-reactive ketones (excluding diaryl/α,β-unsaturated/α-hetero) is 1. The van der Waals surface area contributed by atoms with Gasteiger partial charge in [0, 0.05) is 23.0 Å². The molecule has 1 aliphatic rings. The fourth-order valence-corrected chi connectivity index (χ4v) is 2.09. The minimum Gasteiger partial charge on any atom is -0.456 e. The van der Waals surface area contributed by atoms with E-state index in [2.05, 4.69) is 21.2 Å². The lowest BCUT2D eigenvalue weighted by Gasteiger charge is -2.09. The Bertz CT molecular complexity index is 477. The van der Waals surface area contributed by atoms with Crippen LogP contribution < -0.4 is 5.32 Å². The molecule has 0 radical (unpaired) electrons. The van der Waals surface area contributed by atoms with Crippen LogP contribution in [-0.2, 0) is 9.53 Å². The maximum absolute atomic E-state index is 12.9. The second kappa shape index (κ2) is 6.25. The summed E-state index contributed by atoms with van der Waals surface area (Å²) in [6.07, 6.45) is -0.926. The molecule has 102 valence electrons. The van der Waals surface area contributed by atoms with Crippen LogP contribution in [0.25, 0.3) is 0 Å². The van der Waals surface area contributed by atoms with Crippen molar-refractivity contribution in [2.45, 2.75) is 18.6 Å². The molecule has 1 fully saturated rings. The highest BCUT2D eigenvalue weighted by molar-refractivity contribution is 9.10. The van der Waals surface area contributed by atoms with Crippen LogP contribution in [0.5, 0.6) is 0 Å². The SMILES string of the molecule is O=C(COC(=O)[C@@H]1C[C@H](F)CN1)c1ccc(Br)cc1. The van der Waals surface area contributed by atoms with E-state index in [-0.39, 0.29) is 25.4 Å². The van der Waals surface area contributed by atoms with Crippen LogP contribution in [0, 0.1) is 0 Å². The lowest BCUT2D eigenvalue weighted by Crippen LogP contribution is -2.33. The Hall–Kier alpha value is -1.27. The molecule has 0 saturated carbocycles. The molecule has 0 amide bonds. The summed E-state index contributed by atoms with van der Waals surface area (Å²) >= 11 is 3.27. The normalized spacial score (nSPS) is 22.2. The van der Waals surface area contributed by atoms with Crippen LogP contribution >= 0.6 is 15.9 Å².